The molecular formula is C14H8Br2N2OS. The van der Waals surface area contributed by atoms with Gasteiger partial charge in [0.05, 0.1) is 11.2 Å². The minimum atomic E-state index is -0.135. The van der Waals surface area contributed by atoms with E-state index in [9.17, 15) is 4.79 Å². The van der Waals surface area contributed by atoms with Crippen LogP contribution in [0.2, 0.25) is 0 Å². The molecule has 0 aliphatic carbocycles. The van der Waals surface area contributed by atoms with E-state index >= 15 is 0 Å². The quantitative estimate of drug-likeness (QED) is 0.639. The van der Waals surface area contributed by atoms with Crippen LogP contribution in [0.5, 0.6) is 0 Å². The number of rotatable bonds is 2. The lowest BCUT2D eigenvalue weighted by molar-refractivity contribution is 0.103. The van der Waals surface area contributed by atoms with Gasteiger partial charge in [-0.3, -0.25) is 9.78 Å². The van der Waals surface area contributed by atoms with E-state index in [1.807, 2.05) is 35.7 Å². The van der Waals surface area contributed by atoms with Crippen LogP contribution in [0, 0.1) is 0 Å². The summed E-state index contributed by atoms with van der Waals surface area (Å²) >= 11 is 8.16. The molecule has 3 rings (SSSR count). The molecule has 6 heteroatoms. The number of carbonyl (C=O) groups excluding carboxylic acids is 1. The summed E-state index contributed by atoms with van der Waals surface area (Å²) in [7, 11) is 0. The van der Waals surface area contributed by atoms with Crippen molar-refractivity contribution in [1.82, 2.24) is 4.98 Å². The Bertz CT molecular complexity index is 801. The first-order valence-corrected chi connectivity index (χ1v) is 8.20. The lowest BCUT2D eigenvalue weighted by Crippen LogP contribution is -2.11. The normalized spacial score (nSPS) is 10.7. The second-order valence-corrected chi connectivity index (χ2v) is 6.77. The van der Waals surface area contributed by atoms with Gasteiger partial charge in [0.2, 0.25) is 0 Å². The molecule has 0 saturated heterocycles. The van der Waals surface area contributed by atoms with Crippen LogP contribution in [-0.4, -0.2) is 10.9 Å². The van der Waals surface area contributed by atoms with Crippen molar-refractivity contribution in [3.8, 4) is 0 Å². The van der Waals surface area contributed by atoms with Gasteiger partial charge < -0.3 is 5.32 Å². The smallest absolute Gasteiger partial charge is 0.266 e. The number of nitrogens with zero attached hydrogens (tertiary/aromatic N) is 1. The highest BCUT2D eigenvalue weighted by Crippen LogP contribution is 2.27. The lowest BCUT2D eigenvalue weighted by Gasteiger charge is -2.07. The van der Waals surface area contributed by atoms with Crippen LogP contribution in [-0.2, 0) is 0 Å². The summed E-state index contributed by atoms with van der Waals surface area (Å²) in [6, 6.07) is 9.54. The number of pyridine rings is 1. The van der Waals surface area contributed by atoms with Crippen LogP contribution in [0.1, 0.15) is 9.67 Å². The monoisotopic (exact) mass is 410 g/mol. The molecule has 3 nitrogen and oxygen atoms in total. The van der Waals surface area contributed by atoms with Crippen molar-refractivity contribution >= 4 is 65.7 Å². The number of aromatic nitrogens is 1. The third-order valence-corrected chi connectivity index (χ3v) is 5.02. The zero-order chi connectivity index (χ0) is 14.1. The lowest BCUT2D eigenvalue weighted by atomic mass is 10.2. The first kappa shape index (κ1) is 13.7. The first-order valence-electron chi connectivity index (χ1n) is 5.74. The molecule has 20 heavy (non-hydrogen) atoms. The number of hydrogen-bond acceptors (Lipinski definition) is 3. The van der Waals surface area contributed by atoms with Gasteiger partial charge in [-0.2, -0.15) is 0 Å². The van der Waals surface area contributed by atoms with Crippen molar-refractivity contribution in [2.45, 2.75) is 0 Å². The van der Waals surface area contributed by atoms with Crippen molar-refractivity contribution < 1.29 is 4.79 Å². The molecule has 0 aliphatic rings. The summed E-state index contributed by atoms with van der Waals surface area (Å²) in [4.78, 5) is 17.3. The Balaban J connectivity index is 1.99. The van der Waals surface area contributed by atoms with Gasteiger partial charge in [-0.05, 0) is 55.4 Å². The molecule has 0 bridgehead atoms. The second kappa shape index (κ2) is 5.63. The van der Waals surface area contributed by atoms with Gasteiger partial charge in [-0.15, -0.1) is 11.3 Å². The van der Waals surface area contributed by atoms with Crippen molar-refractivity contribution in [3.05, 3.63) is 55.7 Å². The Kier molecular flexibility index (Phi) is 3.87. The van der Waals surface area contributed by atoms with Crippen LogP contribution in [0.15, 0.2) is 50.9 Å². The molecule has 0 saturated carbocycles. The molecule has 3 aromatic rings. The number of anilines is 1. The molecular weight excluding hydrogens is 404 g/mol. The molecule has 0 unspecified atom stereocenters. The van der Waals surface area contributed by atoms with E-state index in [4.69, 9.17) is 0 Å². The number of halogens is 2. The Morgan fingerprint density at radius 1 is 1.25 bits per heavy atom. The number of benzene rings is 1. The van der Waals surface area contributed by atoms with E-state index in [0.717, 1.165) is 19.8 Å². The van der Waals surface area contributed by atoms with Crippen LogP contribution in [0.4, 0.5) is 5.69 Å². The maximum absolute atomic E-state index is 12.2. The van der Waals surface area contributed by atoms with Gasteiger partial charge in [-0.25, -0.2) is 0 Å². The molecule has 2 aromatic heterocycles. The number of para-hydroxylation sites is 1. The van der Waals surface area contributed by atoms with Crippen molar-refractivity contribution in [3.63, 3.8) is 0 Å². The maximum Gasteiger partial charge on any atom is 0.266 e. The summed E-state index contributed by atoms with van der Waals surface area (Å²) in [5.41, 5.74) is 1.48. The first-order chi connectivity index (χ1) is 9.65. The number of hydrogen-bond donors (Lipinski definition) is 1. The molecule has 100 valence electrons. The number of thiophene rings is 1. The molecule has 0 fully saturated rings. The van der Waals surface area contributed by atoms with E-state index in [1.165, 1.54) is 11.3 Å². The standard InChI is InChI=1S/C14H8Br2N2OS/c15-9-6-8-2-1-3-11(12(8)17-7-9)18-14(19)13-10(16)4-5-20-13/h1-7H,(H,18,19). The average Bonchev–Trinajstić information content (AvgIpc) is 2.85. The fourth-order valence-electron chi connectivity index (χ4n) is 1.87. The molecule has 1 aromatic carbocycles. The van der Waals surface area contributed by atoms with Gasteiger partial charge in [0.25, 0.3) is 5.91 Å². The topological polar surface area (TPSA) is 42.0 Å². The van der Waals surface area contributed by atoms with Gasteiger partial charge in [0.1, 0.15) is 4.88 Å². The summed E-state index contributed by atoms with van der Waals surface area (Å²) in [6.45, 7) is 0. The van der Waals surface area contributed by atoms with Crippen LogP contribution in [0.3, 0.4) is 0 Å². The second-order valence-electron chi connectivity index (χ2n) is 4.08. The van der Waals surface area contributed by atoms with E-state index < -0.39 is 0 Å². The highest BCUT2D eigenvalue weighted by atomic mass is 79.9. The summed E-state index contributed by atoms with van der Waals surface area (Å²) in [6.07, 6.45) is 1.72. The van der Waals surface area contributed by atoms with Crippen molar-refractivity contribution in [1.29, 1.82) is 0 Å². The summed E-state index contributed by atoms with van der Waals surface area (Å²) in [5, 5.41) is 5.76. The third kappa shape index (κ3) is 2.63. The number of carbonyl (C=O) groups is 1. The van der Waals surface area contributed by atoms with Gasteiger partial charge in [0, 0.05) is 20.5 Å². The molecule has 0 radical (unpaired) electrons. The maximum atomic E-state index is 12.2. The average molecular weight is 412 g/mol. The van der Waals surface area contributed by atoms with E-state index in [0.29, 0.717) is 10.6 Å². The van der Waals surface area contributed by atoms with Crippen LogP contribution >= 0.6 is 43.2 Å². The van der Waals surface area contributed by atoms with Gasteiger partial charge >= 0.3 is 0 Å². The van der Waals surface area contributed by atoms with E-state index in [-0.39, 0.29) is 5.91 Å². The summed E-state index contributed by atoms with van der Waals surface area (Å²) < 4.78 is 1.71. The predicted octanol–water partition coefficient (Wildman–Crippen LogP) is 5.07. The van der Waals surface area contributed by atoms with Gasteiger partial charge in [0.15, 0.2) is 0 Å². The SMILES string of the molecule is O=C(Nc1cccc2cc(Br)cnc12)c1sccc1Br. The number of amides is 1. The minimum absolute atomic E-state index is 0.135. The molecule has 0 atom stereocenters. The highest BCUT2D eigenvalue weighted by Gasteiger charge is 2.13. The predicted molar refractivity (Wildman–Crippen MR) is 89.4 cm³/mol. The van der Waals surface area contributed by atoms with Crippen molar-refractivity contribution in [2.24, 2.45) is 0 Å². The zero-order valence-corrected chi connectivity index (χ0v) is 14.0. The fourth-order valence-corrected chi connectivity index (χ4v) is 3.67. The van der Waals surface area contributed by atoms with E-state index in [1.54, 1.807) is 6.20 Å². The molecule has 1 amide bonds. The van der Waals surface area contributed by atoms with Crippen LogP contribution in [0.25, 0.3) is 10.9 Å². The molecule has 0 spiro atoms. The Hall–Kier alpha value is -1.24. The summed E-state index contributed by atoms with van der Waals surface area (Å²) in [5.74, 6) is -0.135. The highest BCUT2D eigenvalue weighted by molar-refractivity contribution is 9.10. The largest absolute Gasteiger partial charge is 0.319 e. The Morgan fingerprint density at radius 3 is 2.85 bits per heavy atom. The Morgan fingerprint density at radius 2 is 2.10 bits per heavy atom. The molecule has 2 heterocycles. The fraction of sp³-hybridized carbons (Fsp3) is 0. The van der Waals surface area contributed by atoms with Gasteiger partial charge in [-0.1, -0.05) is 12.1 Å². The Labute approximate surface area is 136 Å². The minimum Gasteiger partial charge on any atom is -0.319 e. The molecule has 0 aliphatic heterocycles. The van der Waals surface area contributed by atoms with E-state index in [2.05, 4.69) is 42.2 Å². The van der Waals surface area contributed by atoms with Crippen LogP contribution < -0.4 is 5.32 Å². The number of nitrogens with one attached hydrogen (secondary N) is 1. The molecule has 1 N–H and O–H groups in total. The number of fused-ring (bicyclic) bond motifs is 1. The third-order valence-electron chi connectivity index (χ3n) is 2.75. The zero-order valence-electron chi connectivity index (χ0n) is 10.1. The van der Waals surface area contributed by atoms with Crippen molar-refractivity contribution in [2.75, 3.05) is 5.32 Å².